The smallest absolute Gasteiger partial charge is 0.230 e. The topological polar surface area (TPSA) is 20.3 Å². The highest BCUT2D eigenvalue weighted by molar-refractivity contribution is 5.97. The van der Waals surface area contributed by atoms with E-state index in [1.165, 1.54) is 18.6 Å². The summed E-state index contributed by atoms with van der Waals surface area (Å²) in [6.45, 7) is 0.726. The van der Waals surface area contributed by atoms with Crippen LogP contribution in [0.25, 0.3) is 0 Å². The van der Waals surface area contributed by atoms with E-state index >= 15 is 0 Å². The van der Waals surface area contributed by atoms with Crippen LogP contribution >= 0.6 is 0 Å². The maximum atomic E-state index is 13.3. The third kappa shape index (κ3) is 1.49. The third-order valence-corrected chi connectivity index (χ3v) is 4.80. The summed E-state index contributed by atoms with van der Waals surface area (Å²) in [7, 11) is 0. The summed E-state index contributed by atoms with van der Waals surface area (Å²) in [5.74, 6) is 1.80. The molecule has 4 rings (SSSR count). The molecule has 2 atom stereocenters. The second-order valence-electron chi connectivity index (χ2n) is 5.94. The molecule has 3 heteroatoms. The average Bonchev–Trinajstić information content (AvgIpc) is 2.82. The Hall–Kier alpha value is -1.38. The minimum Gasteiger partial charge on any atom is -0.311 e. The van der Waals surface area contributed by atoms with Gasteiger partial charge in [0.25, 0.3) is 0 Å². The van der Waals surface area contributed by atoms with E-state index in [1.54, 1.807) is 0 Å². The van der Waals surface area contributed by atoms with E-state index in [9.17, 15) is 9.18 Å². The van der Waals surface area contributed by atoms with Gasteiger partial charge in [-0.2, -0.15) is 0 Å². The highest BCUT2D eigenvalue weighted by Crippen LogP contribution is 2.55. The van der Waals surface area contributed by atoms with E-state index < -0.39 is 0 Å². The van der Waals surface area contributed by atoms with Crippen LogP contribution in [0.3, 0.4) is 0 Å². The third-order valence-electron chi connectivity index (χ3n) is 4.80. The van der Waals surface area contributed by atoms with Crippen LogP contribution in [0.5, 0.6) is 0 Å². The predicted molar refractivity (Wildman–Crippen MR) is 66.8 cm³/mol. The molecule has 1 amide bonds. The molecule has 2 saturated carbocycles. The molecule has 0 saturated heterocycles. The summed E-state index contributed by atoms with van der Waals surface area (Å²) in [4.78, 5) is 14.3. The Labute approximate surface area is 106 Å². The van der Waals surface area contributed by atoms with Crippen molar-refractivity contribution in [3.63, 3.8) is 0 Å². The molecular formula is C15H16FNO. The Morgan fingerprint density at radius 3 is 2.78 bits per heavy atom. The fourth-order valence-electron chi connectivity index (χ4n) is 3.72. The van der Waals surface area contributed by atoms with Crippen LogP contribution in [0.2, 0.25) is 0 Å². The first-order valence-electron chi connectivity index (χ1n) is 6.82. The van der Waals surface area contributed by atoms with Gasteiger partial charge in [0.05, 0.1) is 0 Å². The van der Waals surface area contributed by atoms with Gasteiger partial charge in [-0.1, -0.05) is 6.07 Å². The molecule has 0 radical (unpaired) electrons. The number of rotatable bonds is 1. The van der Waals surface area contributed by atoms with E-state index in [2.05, 4.69) is 0 Å². The van der Waals surface area contributed by atoms with Gasteiger partial charge in [0, 0.05) is 18.2 Å². The molecule has 2 fully saturated rings. The van der Waals surface area contributed by atoms with Crippen LogP contribution < -0.4 is 4.90 Å². The number of nitrogens with zero attached hydrogens (tertiary/aromatic N) is 1. The normalized spacial score (nSPS) is 32.3. The zero-order chi connectivity index (χ0) is 12.3. The molecule has 2 aliphatic carbocycles. The van der Waals surface area contributed by atoms with Crippen molar-refractivity contribution in [2.75, 3.05) is 11.4 Å². The molecule has 0 N–H and O–H groups in total. The van der Waals surface area contributed by atoms with Gasteiger partial charge in [0.1, 0.15) is 5.82 Å². The number of carbonyl (C=O) groups is 1. The number of fused-ring (bicyclic) bond motifs is 2. The summed E-state index contributed by atoms with van der Waals surface area (Å²) in [5.41, 5.74) is 1.91. The van der Waals surface area contributed by atoms with Gasteiger partial charge < -0.3 is 4.90 Å². The highest BCUT2D eigenvalue weighted by atomic mass is 19.1. The standard InChI is InChI=1S/C15H16FNO/c16-13-2-1-9-3-4-17(14(9)8-13)15(18)12-6-10-5-11(10)7-12/h1-2,8,10-12H,3-7H2. The van der Waals surface area contributed by atoms with Crippen LogP contribution in [0.15, 0.2) is 18.2 Å². The van der Waals surface area contributed by atoms with Crippen molar-refractivity contribution in [2.24, 2.45) is 17.8 Å². The quantitative estimate of drug-likeness (QED) is 0.745. The zero-order valence-electron chi connectivity index (χ0n) is 10.2. The number of hydrogen-bond acceptors (Lipinski definition) is 1. The molecule has 0 aromatic heterocycles. The van der Waals surface area contributed by atoms with Gasteiger partial charge in [0.2, 0.25) is 5.91 Å². The van der Waals surface area contributed by atoms with Crippen LogP contribution in [0.1, 0.15) is 24.8 Å². The minimum atomic E-state index is -0.247. The summed E-state index contributed by atoms with van der Waals surface area (Å²) in [5, 5.41) is 0. The largest absolute Gasteiger partial charge is 0.311 e. The van der Waals surface area contributed by atoms with Crippen molar-refractivity contribution in [1.29, 1.82) is 0 Å². The van der Waals surface area contributed by atoms with Crippen LogP contribution in [0.4, 0.5) is 10.1 Å². The highest BCUT2D eigenvalue weighted by Gasteiger charge is 2.49. The molecule has 2 unspecified atom stereocenters. The van der Waals surface area contributed by atoms with E-state index in [1.807, 2.05) is 11.0 Å². The lowest BCUT2D eigenvalue weighted by molar-refractivity contribution is -0.122. The van der Waals surface area contributed by atoms with Crippen LogP contribution in [0, 0.1) is 23.6 Å². The fourth-order valence-corrected chi connectivity index (χ4v) is 3.72. The van der Waals surface area contributed by atoms with Gasteiger partial charge in [-0.15, -0.1) is 0 Å². The molecule has 2 nitrogen and oxygen atoms in total. The molecule has 94 valence electrons. The summed E-state index contributed by atoms with van der Waals surface area (Å²) in [6.07, 6.45) is 4.31. The van der Waals surface area contributed by atoms with Gasteiger partial charge in [0.15, 0.2) is 0 Å². The first-order chi connectivity index (χ1) is 8.72. The van der Waals surface area contributed by atoms with E-state index in [0.29, 0.717) is 0 Å². The van der Waals surface area contributed by atoms with Crippen LogP contribution in [-0.4, -0.2) is 12.5 Å². The first-order valence-corrected chi connectivity index (χ1v) is 6.82. The molecule has 1 aromatic rings. The Bertz CT molecular complexity index is 517. The SMILES string of the molecule is O=C(C1CC2CC2C1)N1CCc2ccc(F)cc21. The van der Waals surface area contributed by atoms with Crippen molar-refractivity contribution >= 4 is 11.6 Å². The number of hydrogen-bond donors (Lipinski definition) is 0. The van der Waals surface area contributed by atoms with Crippen molar-refractivity contribution in [2.45, 2.75) is 25.7 Å². The number of halogens is 1. The van der Waals surface area contributed by atoms with E-state index in [0.717, 1.165) is 48.9 Å². The summed E-state index contributed by atoms with van der Waals surface area (Å²) >= 11 is 0. The lowest BCUT2D eigenvalue weighted by Crippen LogP contribution is -2.34. The lowest BCUT2D eigenvalue weighted by Gasteiger charge is -2.22. The Morgan fingerprint density at radius 2 is 2.00 bits per heavy atom. The van der Waals surface area contributed by atoms with Crippen molar-refractivity contribution < 1.29 is 9.18 Å². The number of amides is 1. The fraction of sp³-hybridized carbons (Fsp3) is 0.533. The Kier molecular flexibility index (Phi) is 2.08. The number of anilines is 1. The van der Waals surface area contributed by atoms with Crippen LogP contribution in [-0.2, 0) is 11.2 Å². The van der Waals surface area contributed by atoms with Gasteiger partial charge in [-0.3, -0.25) is 4.79 Å². The second-order valence-corrected chi connectivity index (χ2v) is 5.94. The van der Waals surface area contributed by atoms with E-state index in [4.69, 9.17) is 0 Å². The number of carbonyl (C=O) groups excluding carboxylic acids is 1. The number of benzene rings is 1. The summed E-state index contributed by atoms with van der Waals surface area (Å²) in [6, 6.07) is 4.80. The van der Waals surface area contributed by atoms with E-state index in [-0.39, 0.29) is 17.6 Å². The first kappa shape index (κ1) is 10.5. The Balaban J connectivity index is 1.59. The molecular weight excluding hydrogens is 229 g/mol. The molecule has 1 aromatic carbocycles. The zero-order valence-corrected chi connectivity index (χ0v) is 10.2. The van der Waals surface area contributed by atoms with Gasteiger partial charge in [-0.25, -0.2) is 4.39 Å². The maximum Gasteiger partial charge on any atom is 0.230 e. The lowest BCUT2D eigenvalue weighted by atomic mass is 10.0. The molecule has 3 aliphatic rings. The molecule has 18 heavy (non-hydrogen) atoms. The Morgan fingerprint density at radius 1 is 1.22 bits per heavy atom. The van der Waals surface area contributed by atoms with Crippen molar-refractivity contribution in [3.05, 3.63) is 29.6 Å². The monoisotopic (exact) mass is 245 g/mol. The molecule has 0 spiro atoms. The minimum absolute atomic E-state index is 0.197. The van der Waals surface area contributed by atoms with Crippen molar-refractivity contribution in [3.8, 4) is 0 Å². The average molecular weight is 245 g/mol. The maximum absolute atomic E-state index is 13.3. The molecule has 1 aliphatic heterocycles. The predicted octanol–water partition coefficient (Wildman–Crippen LogP) is 2.76. The molecule has 0 bridgehead atoms. The molecule has 1 heterocycles. The van der Waals surface area contributed by atoms with Gasteiger partial charge >= 0.3 is 0 Å². The second kappa shape index (κ2) is 3.56. The summed E-state index contributed by atoms with van der Waals surface area (Å²) < 4.78 is 13.3. The van der Waals surface area contributed by atoms with Gasteiger partial charge in [-0.05, 0) is 55.2 Å². The van der Waals surface area contributed by atoms with Crippen molar-refractivity contribution in [1.82, 2.24) is 0 Å².